The van der Waals surface area contributed by atoms with Crippen LogP contribution in [0.2, 0.25) is 0 Å². The molecule has 0 spiro atoms. The minimum Gasteiger partial charge on any atom is -0.361 e. The van der Waals surface area contributed by atoms with E-state index in [9.17, 15) is 17.6 Å². The number of carbonyl (C=O) groups excluding carboxylic acids is 1. The number of rotatable bonds is 5. The van der Waals surface area contributed by atoms with Crippen LogP contribution in [0.25, 0.3) is 27.7 Å². The number of fused-ring (bicyclic) bond motifs is 1. The van der Waals surface area contributed by atoms with Crippen molar-refractivity contribution in [3.8, 4) is 16.8 Å². The van der Waals surface area contributed by atoms with E-state index >= 15 is 0 Å². The van der Waals surface area contributed by atoms with Crippen LogP contribution in [0.4, 0.5) is 4.39 Å². The summed E-state index contributed by atoms with van der Waals surface area (Å²) in [6, 6.07) is 11.7. The molecule has 5 rings (SSSR count). The summed E-state index contributed by atoms with van der Waals surface area (Å²) in [6.45, 7) is 3.73. The Labute approximate surface area is 190 Å². The van der Waals surface area contributed by atoms with Crippen molar-refractivity contribution in [2.45, 2.75) is 26.7 Å². The number of Topliss-reactive ketones (excluding diaryl/α,β-unsaturated/α-hetero) is 1. The van der Waals surface area contributed by atoms with Crippen LogP contribution in [0.5, 0.6) is 0 Å². The monoisotopic (exact) mass is 466 g/mol. The van der Waals surface area contributed by atoms with Gasteiger partial charge in [-0.1, -0.05) is 17.3 Å². The molecule has 8 heteroatoms. The molecule has 1 aliphatic heterocycles. The van der Waals surface area contributed by atoms with Crippen molar-refractivity contribution in [2.75, 3.05) is 11.5 Å². The lowest BCUT2D eigenvalue weighted by Gasteiger charge is -2.09. The summed E-state index contributed by atoms with van der Waals surface area (Å²) in [5, 5.41) is 4.98. The number of hydrogen-bond donors (Lipinski definition) is 0. The van der Waals surface area contributed by atoms with Crippen molar-refractivity contribution < 1.29 is 22.1 Å². The number of carbonyl (C=O) groups is 1. The van der Waals surface area contributed by atoms with Crippen LogP contribution < -0.4 is 0 Å². The normalized spacial score (nSPS) is 17.6. The largest absolute Gasteiger partial charge is 0.361 e. The highest BCUT2D eigenvalue weighted by molar-refractivity contribution is 7.91. The molecule has 1 atom stereocenters. The fraction of sp³-hybridized carbons (Fsp3) is 0.280. The smallest absolute Gasteiger partial charge is 0.163 e. The quantitative estimate of drug-likeness (QED) is 0.385. The van der Waals surface area contributed by atoms with E-state index in [4.69, 9.17) is 4.52 Å². The molecule has 0 aliphatic carbocycles. The third-order valence-electron chi connectivity index (χ3n) is 6.34. The number of aromatic nitrogens is 2. The zero-order valence-corrected chi connectivity index (χ0v) is 19.2. The summed E-state index contributed by atoms with van der Waals surface area (Å²) in [4.78, 5) is 13.0. The van der Waals surface area contributed by atoms with Gasteiger partial charge in [0.25, 0.3) is 0 Å². The SMILES string of the molecule is Cc1noc(C)c1-c1cn(-c2ccc(F)cc2)c2cc(C(=O)CC3CCS(=O)(=O)C3)ccc12. The molecular formula is C25H23FN2O4S. The molecule has 6 nitrogen and oxygen atoms in total. The summed E-state index contributed by atoms with van der Waals surface area (Å²) >= 11 is 0. The Balaban J connectivity index is 1.61. The van der Waals surface area contributed by atoms with E-state index in [0.29, 0.717) is 17.7 Å². The van der Waals surface area contributed by atoms with Gasteiger partial charge in [0.1, 0.15) is 11.6 Å². The first-order valence-corrected chi connectivity index (χ1v) is 12.6. The second kappa shape index (κ2) is 7.95. The van der Waals surface area contributed by atoms with Crippen LogP contribution >= 0.6 is 0 Å². The molecule has 3 heterocycles. The molecule has 1 aliphatic rings. The second-order valence-electron chi connectivity index (χ2n) is 8.72. The molecule has 1 unspecified atom stereocenters. The van der Waals surface area contributed by atoms with Gasteiger partial charge in [-0.25, -0.2) is 12.8 Å². The highest BCUT2D eigenvalue weighted by Crippen LogP contribution is 2.37. The van der Waals surface area contributed by atoms with Gasteiger partial charge in [0.05, 0.1) is 22.7 Å². The maximum Gasteiger partial charge on any atom is 0.163 e. The van der Waals surface area contributed by atoms with Crippen LogP contribution in [0.1, 0.15) is 34.7 Å². The van der Waals surface area contributed by atoms with Gasteiger partial charge in [0, 0.05) is 40.4 Å². The Morgan fingerprint density at radius 2 is 1.94 bits per heavy atom. The zero-order valence-electron chi connectivity index (χ0n) is 18.3. The van der Waals surface area contributed by atoms with Gasteiger partial charge in [-0.05, 0) is 56.5 Å². The maximum absolute atomic E-state index is 13.6. The first kappa shape index (κ1) is 21.6. The van der Waals surface area contributed by atoms with E-state index in [2.05, 4.69) is 5.16 Å². The van der Waals surface area contributed by atoms with Crippen LogP contribution in [0, 0.1) is 25.6 Å². The van der Waals surface area contributed by atoms with Gasteiger partial charge in [-0.3, -0.25) is 4.79 Å². The summed E-state index contributed by atoms with van der Waals surface area (Å²) in [7, 11) is -3.04. The Morgan fingerprint density at radius 1 is 1.18 bits per heavy atom. The topological polar surface area (TPSA) is 82.2 Å². The third kappa shape index (κ3) is 3.99. The third-order valence-corrected chi connectivity index (χ3v) is 8.17. The highest BCUT2D eigenvalue weighted by atomic mass is 32.2. The van der Waals surface area contributed by atoms with Gasteiger partial charge < -0.3 is 9.09 Å². The highest BCUT2D eigenvalue weighted by Gasteiger charge is 2.30. The zero-order chi connectivity index (χ0) is 23.3. The molecule has 2 aromatic heterocycles. The summed E-state index contributed by atoms with van der Waals surface area (Å²) in [6.07, 6.45) is 2.68. The Morgan fingerprint density at radius 3 is 2.58 bits per heavy atom. The molecule has 4 aromatic rings. The van der Waals surface area contributed by atoms with Gasteiger partial charge >= 0.3 is 0 Å². The van der Waals surface area contributed by atoms with Gasteiger partial charge in [0.15, 0.2) is 15.6 Å². The lowest BCUT2D eigenvalue weighted by Crippen LogP contribution is -2.10. The average Bonchev–Trinajstić information content (AvgIpc) is 3.42. The molecule has 0 radical (unpaired) electrons. The molecular weight excluding hydrogens is 443 g/mol. The Kier molecular flexibility index (Phi) is 5.20. The van der Waals surface area contributed by atoms with Crippen LogP contribution in [0.3, 0.4) is 0 Å². The van der Waals surface area contributed by atoms with Crippen molar-refractivity contribution in [3.05, 3.63) is 71.5 Å². The molecule has 170 valence electrons. The summed E-state index contributed by atoms with van der Waals surface area (Å²) in [5.41, 5.74) is 4.63. The van der Waals surface area contributed by atoms with Crippen LogP contribution in [-0.4, -0.2) is 35.4 Å². The molecule has 0 bridgehead atoms. The number of sulfone groups is 1. The number of hydrogen-bond acceptors (Lipinski definition) is 5. The standard InChI is InChI=1S/C25H23FN2O4S/c1-15-25(16(2)32-27-15)22-13-28(20-6-4-19(26)5-7-20)23-12-18(3-8-21(22)23)24(29)11-17-9-10-33(30,31)14-17/h3-8,12-13,17H,9-11,14H2,1-2H3. The van der Waals surface area contributed by atoms with Crippen LogP contribution in [-0.2, 0) is 9.84 Å². The lowest BCUT2D eigenvalue weighted by atomic mass is 9.96. The lowest BCUT2D eigenvalue weighted by molar-refractivity contribution is 0.0966. The summed E-state index contributed by atoms with van der Waals surface area (Å²) < 4.78 is 44.4. The average molecular weight is 467 g/mol. The molecule has 33 heavy (non-hydrogen) atoms. The molecule has 0 saturated carbocycles. The predicted molar refractivity (Wildman–Crippen MR) is 124 cm³/mol. The van der Waals surface area contributed by atoms with Crippen LogP contribution in [0.15, 0.2) is 53.2 Å². The van der Waals surface area contributed by atoms with Gasteiger partial charge in [0.2, 0.25) is 0 Å². The molecule has 0 amide bonds. The Bertz CT molecular complexity index is 1460. The van der Waals surface area contributed by atoms with Gasteiger partial charge in [-0.15, -0.1) is 0 Å². The van der Waals surface area contributed by atoms with Crippen molar-refractivity contribution in [1.82, 2.24) is 9.72 Å². The number of benzene rings is 2. The first-order chi connectivity index (χ1) is 15.7. The van der Waals surface area contributed by atoms with Gasteiger partial charge in [-0.2, -0.15) is 0 Å². The second-order valence-corrected chi connectivity index (χ2v) is 10.9. The van der Waals surface area contributed by atoms with Crippen molar-refractivity contribution >= 4 is 26.5 Å². The molecule has 2 aromatic carbocycles. The molecule has 1 fully saturated rings. The maximum atomic E-state index is 13.6. The fourth-order valence-electron chi connectivity index (χ4n) is 4.70. The van der Waals surface area contributed by atoms with E-state index in [-0.39, 0.29) is 35.4 Å². The minimum atomic E-state index is -3.04. The molecule has 1 saturated heterocycles. The van der Waals surface area contributed by atoms with Crippen molar-refractivity contribution in [1.29, 1.82) is 0 Å². The summed E-state index contributed by atoms with van der Waals surface area (Å²) in [5.74, 6) is 0.364. The number of nitrogens with zero attached hydrogens (tertiary/aromatic N) is 2. The number of aryl methyl sites for hydroxylation is 2. The number of halogens is 1. The van der Waals surface area contributed by atoms with E-state index in [1.54, 1.807) is 18.2 Å². The van der Waals surface area contributed by atoms with E-state index in [1.165, 1.54) is 12.1 Å². The molecule has 0 N–H and O–H groups in total. The predicted octanol–water partition coefficient (Wildman–Crippen LogP) is 5.05. The van der Waals surface area contributed by atoms with E-state index in [0.717, 1.165) is 33.4 Å². The van der Waals surface area contributed by atoms with Crippen molar-refractivity contribution in [2.24, 2.45) is 5.92 Å². The van der Waals surface area contributed by atoms with E-state index in [1.807, 2.05) is 36.7 Å². The number of ketones is 1. The Hall–Kier alpha value is -3.26. The van der Waals surface area contributed by atoms with E-state index < -0.39 is 9.84 Å². The van der Waals surface area contributed by atoms with Crippen molar-refractivity contribution in [3.63, 3.8) is 0 Å². The fourth-order valence-corrected chi connectivity index (χ4v) is 6.56. The minimum absolute atomic E-state index is 0.0726. The first-order valence-electron chi connectivity index (χ1n) is 10.8.